The van der Waals surface area contributed by atoms with Gasteiger partial charge in [0.2, 0.25) is 0 Å². The van der Waals surface area contributed by atoms with Crippen molar-refractivity contribution in [3.05, 3.63) is 150 Å². The van der Waals surface area contributed by atoms with E-state index in [0.717, 1.165) is 132 Å². The highest BCUT2D eigenvalue weighted by atomic mass is 16.5. The minimum atomic E-state index is -0.336. The number of likely N-dealkylation sites (N-methyl/N-ethyl adjacent to an activating group) is 2. The molecule has 7 aromatic rings. The molecule has 0 atom stereocenters. The lowest BCUT2D eigenvalue weighted by molar-refractivity contribution is -0.895. The van der Waals surface area contributed by atoms with Crippen molar-refractivity contribution in [3.8, 4) is 61.8 Å². The summed E-state index contributed by atoms with van der Waals surface area (Å²) in [5, 5.41) is 0. The monoisotopic (exact) mass is 1280 g/mol. The number of unbranched alkanes of at least 4 members (excludes halogenated alkanes) is 21. The number of aromatic amines is 2. The Bertz CT molecular complexity index is 3730. The number of rotatable bonds is 40. The first kappa shape index (κ1) is 71.6. The second kappa shape index (κ2) is 36.4. The van der Waals surface area contributed by atoms with Gasteiger partial charge in [0.25, 0.3) is 0 Å². The summed E-state index contributed by atoms with van der Waals surface area (Å²) in [7, 11) is 12.8. The third-order valence-electron chi connectivity index (χ3n) is 18.1. The Morgan fingerprint density at radius 3 is 1.09 bits per heavy atom. The predicted octanol–water partition coefficient (Wildman–Crippen LogP) is 21.8. The van der Waals surface area contributed by atoms with Crippen LogP contribution in [0.4, 0.5) is 0 Å². The molecule has 0 radical (unpaired) electrons. The molecule has 0 fully saturated rings. The average molecular weight is 1290 g/mol. The van der Waals surface area contributed by atoms with Crippen LogP contribution >= 0.6 is 0 Å². The number of carbonyl (C=O) groups is 1. The van der Waals surface area contributed by atoms with E-state index in [-0.39, 0.29) is 12.1 Å². The van der Waals surface area contributed by atoms with Gasteiger partial charge in [-0.25, -0.2) is 14.8 Å². The van der Waals surface area contributed by atoms with Crippen LogP contribution in [0.3, 0.4) is 0 Å². The highest BCUT2D eigenvalue weighted by Crippen LogP contribution is 2.40. The predicted molar refractivity (Wildman–Crippen MR) is 400 cm³/mol. The zero-order chi connectivity index (χ0) is 66.8. The molecular weight excluding hydrogens is 1170 g/mol. The average Bonchev–Trinajstić information content (AvgIpc) is 1.64. The van der Waals surface area contributed by atoms with Gasteiger partial charge >= 0.3 is 5.97 Å². The lowest BCUT2D eigenvalue weighted by Crippen LogP contribution is -2.50. The standard InChI is InChI=1S/C84H111N6O5/c1-10-13-16-19-22-25-28-31-57-92-68-45-41-64(42-46-68)81-74-50-49-72(85-74)80(63-37-39-66(40-38-63)84(91)95-71(61-89(4,5)6)62-90(7,8)9)73-53-55-78(87-73)83(67-35-34-36-70(60-67)94-59-33-30-27-24-21-18-15-12-3)79-56-54-77(88-79)82(76-52-51-75(81)86-76)65-43-47-69(48-44-65)93-58-32-29-26-23-20-17-14-11-2/h34-56,60,71H,10-33,57-59,61-62H2,1-9H3,(H-,85,86,87,88,91)/q+1/p+1. The van der Waals surface area contributed by atoms with Crippen LogP contribution in [-0.2, 0) is 4.74 Å². The van der Waals surface area contributed by atoms with Gasteiger partial charge in [-0.05, 0) is 139 Å². The quantitative estimate of drug-likeness (QED) is 0.0224. The number of nitrogens with zero attached hydrogens (tertiary/aromatic N) is 4. The molecule has 0 spiro atoms. The van der Waals surface area contributed by atoms with Crippen molar-refractivity contribution in [1.29, 1.82) is 0 Å². The Hall–Kier alpha value is -7.73. The largest absolute Gasteiger partial charge is 0.494 e. The molecule has 3 aromatic heterocycles. The molecular formula is C84H112N6O5+2. The Morgan fingerprint density at radius 2 is 0.705 bits per heavy atom. The summed E-state index contributed by atoms with van der Waals surface area (Å²) in [4.78, 5) is 33.3. The summed E-state index contributed by atoms with van der Waals surface area (Å²) in [6, 6.07) is 42.1. The molecule has 11 nitrogen and oxygen atoms in total. The molecule has 11 heteroatoms. The highest BCUT2D eigenvalue weighted by Gasteiger charge is 2.29. The SMILES string of the molecule is CCCCCCCCCCOc1ccc(-c2c3nc(c(-c4ccc(OCCCCCCCCCC)cc4)c4ccc([nH]4)c(-c4cccc(OCCCCCCCCCC)c4)c4ccc([nH]4)c(-c4ccc(C(=O)OC(C[N+](C)(C)C)C[N+](C)(C)C)cc4)c4nc2C=C4)C=C3)cc1. The van der Waals surface area contributed by atoms with E-state index in [2.05, 4.69) is 194 Å². The molecule has 506 valence electrons. The molecule has 95 heavy (non-hydrogen) atoms. The molecule has 9 rings (SSSR count). The van der Waals surface area contributed by atoms with Crippen molar-refractivity contribution < 1.29 is 32.7 Å². The van der Waals surface area contributed by atoms with Gasteiger partial charge < -0.3 is 37.9 Å². The van der Waals surface area contributed by atoms with Gasteiger partial charge in [-0.15, -0.1) is 0 Å². The summed E-state index contributed by atoms with van der Waals surface area (Å²) < 4.78 is 27.0. The Labute approximate surface area is 569 Å². The molecule has 5 heterocycles. The van der Waals surface area contributed by atoms with Crippen LogP contribution in [0.5, 0.6) is 17.2 Å². The van der Waals surface area contributed by atoms with Crippen LogP contribution in [-0.4, -0.2) is 116 Å². The van der Waals surface area contributed by atoms with Crippen LogP contribution in [0.25, 0.3) is 90.9 Å². The normalized spacial score (nSPS) is 12.3. The van der Waals surface area contributed by atoms with Crippen LogP contribution in [0.2, 0.25) is 0 Å². The van der Waals surface area contributed by atoms with Crippen molar-refractivity contribution in [2.45, 2.75) is 181 Å². The molecule has 0 amide bonds. The fourth-order valence-electron chi connectivity index (χ4n) is 13.2. The number of hydrogen-bond acceptors (Lipinski definition) is 7. The molecule has 2 aliphatic heterocycles. The maximum Gasteiger partial charge on any atom is 0.338 e. The fraction of sp³-hybridized carbons (Fsp3) is 0.464. The zero-order valence-corrected chi connectivity index (χ0v) is 59.3. The third-order valence-corrected chi connectivity index (χ3v) is 18.1. The van der Waals surface area contributed by atoms with Crippen molar-refractivity contribution in [3.63, 3.8) is 0 Å². The second-order valence-corrected chi connectivity index (χ2v) is 28.6. The van der Waals surface area contributed by atoms with Gasteiger partial charge in [-0.2, -0.15) is 0 Å². The molecule has 2 N–H and O–H groups in total. The van der Waals surface area contributed by atoms with Crippen molar-refractivity contribution >= 4 is 52.3 Å². The number of H-pyrrole nitrogens is 2. The smallest absolute Gasteiger partial charge is 0.338 e. The minimum absolute atomic E-state index is 0.274. The number of quaternary nitrogens is 2. The minimum Gasteiger partial charge on any atom is -0.494 e. The molecule has 0 aliphatic carbocycles. The lowest BCUT2D eigenvalue weighted by atomic mass is 10.0. The maximum absolute atomic E-state index is 14.1. The van der Waals surface area contributed by atoms with E-state index in [4.69, 9.17) is 28.9 Å². The van der Waals surface area contributed by atoms with Gasteiger partial charge in [0.05, 0.1) is 90.4 Å². The number of benzene rings is 4. The van der Waals surface area contributed by atoms with Crippen molar-refractivity contribution in [2.75, 3.05) is 75.2 Å². The highest BCUT2D eigenvalue weighted by molar-refractivity contribution is 6.01. The number of ether oxygens (including phenoxy) is 4. The van der Waals surface area contributed by atoms with E-state index in [0.29, 0.717) is 47.4 Å². The van der Waals surface area contributed by atoms with E-state index >= 15 is 0 Å². The Morgan fingerprint density at radius 1 is 0.368 bits per heavy atom. The number of nitrogens with one attached hydrogen (secondary N) is 2. The first-order valence-corrected chi connectivity index (χ1v) is 36.4. The third kappa shape index (κ3) is 21.9. The summed E-state index contributed by atoms with van der Waals surface area (Å²) in [6.45, 7) is 10.3. The van der Waals surface area contributed by atoms with Crippen molar-refractivity contribution in [2.24, 2.45) is 0 Å². The van der Waals surface area contributed by atoms with Crippen LogP contribution in [0, 0.1) is 0 Å². The Kier molecular flexibility index (Phi) is 27.4. The van der Waals surface area contributed by atoms with Gasteiger partial charge in [-0.1, -0.05) is 204 Å². The van der Waals surface area contributed by atoms with Gasteiger partial charge in [0, 0.05) is 44.3 Å². The molecule has 0 saturated carbocycles. The second-order valence-electron chi connectivity index (χ2n) is 28.6. The maximum atomic E-state index is 14.1. The van der Waals surface area contributed by atoms with Crippen LogP contribution in [0.1, 0.15) is 208 Å². The number of aromatic nitrogens is 4. The summed E-state index contributed by atoms with van der Waals surface area (Å²) >= 11 is 0. The fourth-order valence-corrected chi connectivity index (χ4v) is 13.2. The summed E-state index contributed by atoms with van der Waals surface area (Å²) in [6.07, 6.45) is 38.2. The van der Waals surface area contributed by atoms with E-state index in [9.17, 15) is 4.79 Å². The van der Waals surface area contributed by atoms with E-state index in [1.807, 2.05) is 24.3 Å². The van der Waals surface area contributed by atoms with E-state index < -0.39 is 0 Å². The van der Waals surface area contributed by atoms with E-state index in [1.165, 1.54) is 128 Å². The van der Waals surface area contributed by atoms with Gasteiger partial charge in [0.1, 0.15) is 30.3 Å². The number of esters is 1. The number of carbonyl (C=O) groups excluding carboxylic acids is 1. The first-order chi connectivity index (χ1) is 46.2. The van der Waals surface area contributed by atoms with Crippen molar-refractivity contribution in [1.82, 2.24) is 19.9 Å². The van der Waals surface area contributed by atoms with Crippen LogP contribution < -0.4 is 14.2 Å². The number of hydrogen-bond donors (Lipinski definition) is 2. The zero-order valence-electron chi connectivity index (χ0n) is 59.3. The molecule has 2 aliphatic rings. The molecule has 8 bridgehead atoms. The summed E-state index contributed by atoms with van der Waals surface area (Å²) in [5.41, 5.74) is 15.0. The lowest BCUT2D eigenvalue weighted by Gasteiger charge is -2.33. The molecule has 0 unspecified atom stereocenters. The Balaban J connectivity index is 1.16. The van der Waals surface area contributed by atoms with Gasteiger partial charge in [-0.3, -0.25) is 0 Å². The van der Waals surface area contributed by atoms with Gasteiger partial charge in [0.15, 0.2) is 6.10 Å². The number of fused-ring (bicyclic) bond motifs is 8. The summed E-state index contributed by atoms with van der Waals surface area (Å²) in [5.74, 6) is 2.21. The molecule has 0 saturated heterocycles. The van der Waals surface area contributed by atoms with Crippen LogP contribution in [0.15, 0.2) is 121 Å². The van der Waals surface area contributed by atoms with E-state index in [1.54, 1.807) is 0 Å². The first-order valence-electron chi connectivity index (χ1n) is 36.4. The molecule has 4 aromatic carbocycles. The topological polar surface area (TPSA) is 111 Å².